The standard InChI is InChI=1S/C12H13FN2OS/c1-3-14-12-15-9(7-17-12)11-8(13)5-4-6-10(11)16-2/h4-7H,3H2,1-2H3,(H,14,15). The number of benzene rings is 1. The minimum Gasteiger partial charge on any atom is -0.496 e. The van der Waals surface area contributed by atoms with Gasteiger partial charge in [0.2, 0.25) is 0 Å². The summed E-state index contributed by atoms with van der Waals surface area (Å²) < 4.78 is 18.9. The van der Waals surface area contributed by atoms with Gasteiger partial charge in [0.25, 0.3) is 0 Å². The maximum absolute atomic E-state index is 13.8. The highest BCUT2D eigenvalue weighted by molar-refractivity contribution is 7.14. The monoisotopic (exact) mass is 252 g/mol. The Kier molecular flexibility index (Phi) is 3.58. The van der Waals surface area contributed by atoms with Crippen molar-refractivity contribution in [1.82, 2.24) is 4.98 Å². The van der Waals surface area contributed by atoms with Gasteiger partial charge in [-0.05, 0) is 19.1 Å². The lowest BCUT2D eigenvalue weighted by Gasteiger charge is -2.06. The minimum absolute atomic E-state index is 0.322. The van der Waals surface area contributed by atoms with Gasteiger partial charge in [-0.1, -0.05) is 6.07 Å². The van der Waals surface area contributed by atoms with Crippen molar-refractivity contribution in [1.29, 1.82) is 0 Å². The third-order valence-electron chi connectivity index (χ3n) is 2.28. The fourth-order valence-corrected chi connectivity index (χ4v) is 2.32. The van der Waals surface area contributed by atoms with Crippen molar-refractivity contribution in [2.24, 2.45) is 0 Å². The van der Waals surface area contributed by atoms with E-state index in [1.807, 2.05) is 12.3 Å². The van der Waals surface area contributed by atoms with Crippen molar-refractivity contribution in [3.05, 3.63) is 29.4 Å². The van der Waals surface area contributed by atoms with E-state index in [1.165, 1.54) is 24.5 Å². The number of halogens is 1. The number of aromatic nitrogens is 1. The molecule has 0 atom stereocenters. The van der Waals surface area contributed by atoms with Gasteiger partial charge in [-0.15, -0.1) is 11.3 Å². The van der Waals surface area contributed by atoms with Crippen LogP contribution in [0.5, 0.6) is 5.75 Å². The van der Waals surface area contributed by atoms with Crippen LogP contribution in [0.2, 0.25) is 0 Å². The number of anilines is 1. The number of nitrogens with zero attached hydrogens (tertiary/aromatic N) is 1. The highest BCUT2D eigenvalue weighted by atomic mass is 32.1. The summed E-state index contributed by atoms with van der Waals surface area (Å²) in [7, 11) is 1.52. The molecule has 1 N–H and O–H groups in total. The van der Waals surface area contributed by atoms with Crippen molar-refractivity contribution in [3.8, 4) is 17.0 Å². The molecule has 0 amide bonds. The fourth-order valence-electron chi connectivity index (χ4n) is 1.54. The molecule has 0 aliphatic carbocycles. The quantitative estimate of drug-likeness (QED) is 0.905. The largest absolute Gasteiger partial charge is 0.496 e. The fraction of sp³-hybridized carbons (Fsp3) is 0.250. The second-order valence-corrected chi connectivity index (χ2v) is 4.24. The van der Waals surface area contributed by atoms with Crippen LogP contribution in [0.1, 0.15) is 6.92 Å². The molecule has 2 aromatic rings. The van der Waals surface area contributed by atoms with Gasteiger partial charge < -0.3 is 10.1 Å². The molecule has 1 aromatic heterocycles. The number of methoxy groups -OCH3 is 1. The topological polar surface area (TPSA) is 34.2 Å². The van der Waals surface area contributed by atoms with E-state index in [0.29, 0.717) is 17.0 Å². The Morgan fingerprint density at radius 1 is 1.47 bits per heavy atom. The second-order valence-electron chi connectivity index (χ2n) is 3.39. The smallest absolute Gasteiger partial charge is 0.183 e. The Morgan fingerprint density at radius 3 is 3.00 bits per heavy atom. The maximum atomic E-state index is 13.8. The van der Waals surface area contributed by atoms with Crippen molar-refractivity contribution in [3.63, 3.8) is 0 Å². The SMILES string of the molecule is CCNc1nc(-c2c(F)cccc2OC)cs1. The lowest BCUT2D eigenvalue weighted by atomic mass is 10.1. The Balaban J connectivity index is 2.44. The maximum Gasteiger partial charge on any atom is 0.183 e. The highest BCUT2D eigenvalue weighted by Gasteiger charge is 2.14. The first-order valence-corrected chi connectivity index (χ1v) is 6.16. The first-order chi connectivity index (χ1) is 8.26. The number of rotatable bonds is 4. The number of nitrogens with one attached hydrogen (secondary N) is 1. The Bertz CT molecular complexity index is 513. The van der Waals surface area contributed by atoms with Crippen molar-refractivity contribution in [2.45, 2.75) is 6.92 Å². The lowest BCUT2D eigenvalue weighted by molar-refractivity contribution is 0.413. The zero-order valence-electron chi connectivity index (χ0n) is 9.66. The average molecular weight is 252 g/mol. The third-order valence-corrected chi connectivity index (χ3v) is 3.08. The summed E-state index contributed by atoms with van der Waals surface area (Å²) in [6.07, 6.45) is 0. The summed E-state index contributed by atoms with van der Waals surface area (Å²) in [5.74, 6) is 0.177. The molecule has 0 fully saturated rings. The molecule has 1 heterocycles. The number of hydrogen-bond donors (Lipinski definition) is 1. The molecule has 0 aliphatic heterocycles. The zero-order chi connectivity index (χ0) is 12.3. The normalized spacial score (nSPS) is 10.3. The Morgan fingerprint density at radius 2 is 2.29 bits per heavy atom. The molecule has 0 saturated carbocycles. The highest BCUT2D eigenvalue weighted by Crippen LogP contribution is 2.34. The first-order valence-electron chi connectivity index (χ1n) is 5.28. The number of thiazole rings is 1. The van der Waals surface area contributed by atoms with Crippen LogP contribution < -0.4 is 10.1 Å². The van der Waals surface area contributed by atoms with E-state index < -0.39 is 0 Å². The van der Waals surface area contributed by atoms with E-state index in [9.17, 15) is 4.39 Å². The summed E-state index contributed by atoms with van der Waals surface area (Å²) in [5.41, 5.74) is 1.01. The third kappa shape index (κ3) is 2.39. The molecular formula is C12H13FN2OS. The van der Waals surface area contributed by atoms with Crippen LogP contribution in [0.25, 0.3) is 11.3 Å². The van der Waals surface area contributed by atoms with E-state index in [1.54, 1.807) is 12.1 Å². The first kappa shape index (κ1) is 11.9. The summed E-state index contributed by atoms with van der Waals surface area (Å²) in [5, 5.41) is 5.70. The molecule has 0 bridgehead atoms. The molecule has 90 valence electrons. The summed E-state index contributed by atoms with van der Waals surface area (Å²) in [6, 6.07) is 4.75. The molecular weight excluding hydrogens is 239 g/mol. The van der Waals surface area contributed by atoms with Crippen LogP contribution in [-0.2, 0) is 0 Å². The van der Waals surface area contributed by atoms with Gasteiger partial charge in [-0.2, -0.15) is 0 Å². The van der Waals surface area contributed by atoms with Crippen LogP contribution in [0.3, 0.4) is 0 Å². The van der Waals surface area contributed by atoms with Crippen LogP contribution in [-0.4, -0.2) is 18.6 Å². The van der Waals surface area contributed by atoms with Crippen LogP contribution in [0.4, 0.5) is 9.52 Å². The second kappa shape index (κ2) is 5.14. The van der Waals surface area contributed by atoms with E-state index in [2.05, 4.69) is 10.3 Å². The lowest BCUT2D eigenvalue weighted by Crippen LogP contribution is -1.96. The van der Waals surface area contributed by atoms with E-state index in [-0.39, 0.29) is 5.82 Å². The van der Waals surface area contributed by atoms with Gasteiger partial charge in [0.15, 0.2) is 5.13 Å². The molecule has 2 rings (SSSR count). The molecule has 0 unspecified atom stereocenters. The molecule has 17 heavy (non-hydrogen) atoms. The van der Waals surface area contributed by atoms with Gasteiger partial charge in [0.1, 0.15) is 11.6 Å². The zero-order valence-corrected chi connectivity index (χ0v) is 10.5. The van der Waals surface area contributed by atoms with Gasteiger partial charge >= 0.3 is 0 Å². The summed E-state index contributed by atoms with van der Waals surface area (Å²) in [6.45, 7) is 2.78. The summed E-state index contributed by atoms with van der Waals surface area (Å²) in [4.78, 5) is 4.33. The number of ether oxygens (including phenoxy) is 1. The van der Waals surface area contributed by atoms with Gasteiger partial charge in [0.05, 0.1) is 18.4 Å². The van der Waals surface area contributed by atoms with Crippen molar-refractivity contribution < 1.29 is 9.13 Å². The van der Waals surface area contributed by atoms with Gasteiger partial charge in [-0.3, -0.25) is 0 Å². The van der Waals surface area contributed by atoms with Crippen LogP contribution in [0, 0.1) is 5.82 Å². The number of hydrogen-bond acceptors (Lipinski definition) is 4. The molecule has 0 saturated heterocycles. The van der Waals surface area contributed by atoms with Crippen LogP contribution in [0.15, 0.2) is 23.6 Å². The minimum atomic E-state index is -0.322. The predicted octanol–water partition coefficient (Wildman–Crippen LogP) is 3.39. The van der Waals surface area contributed by atoms with E-state index >= 15 is 0 Å². The molecule has 3 nitrogen and oxygen atoms in total. The Labute approximate surface area is 103 Å². The molecule has 5 heteroatoms. The molecule has 1 aromatic carbocycles. The van der Waals surface area contributed by atoms with Gasteiger partial charge in [-0.25, -0.2) is 9.37 Å². The molecule has 0 radical (unpaired) electrons. The van der Waals surface area contributed by atoms with Crippen molar-refractivity contribution >= 4 is 16.5 Å². The average Bonchev–Trinajstić information content (AvgIpc) is 2.77. The molecule has 0 aliphatic rings. The molecule has 0 spiro atoms. The van der Waals surface area contributed by atoms with E-state index in [4.69, 9.17) is 4.74 Å². The van der Waals surface area contributed by atoms with Crippen LogP contribution >= 0.6 is 11.3 Å². The van der Waals surface area contributed by atoms with Crippen molar-refractivity contribution in [2.75, 3.05) is 19.0 Å². The van der Waals surface area contributed by atoms with Gasteiger partial charge in [0, 0.05) is 11.9 Å². The summed E-state index contributed by atoms with van der Waals surface area (Å²) >= 11 is 1.45. The Hall–Kier alpha value is -1.62. The predicted molar refractivity (Wildman–Crippen MR) is 68.2 cm³/mol. The van der Waals surface area contributed by atoms with E-state index in [0.717, 1.165) is 11.7 Å².